The van der Waals surface area contributed by atoms with Crippen molar-refractivity contribution in [3.63, 3.8) is 0 Å². The number of aryl methyl sites for hydroxylation is 2. The van der Waals surface area contributed by atoms with Gasteiger partial charge in [-0.2, -0.15) is 13.2 Å². The molecule has 2 rings (SSSR count). The van der Waals surface area contributed by atoms with Gasteiger partial charge in [0, 0.05) is 11.3 Å². The molecule has 1 atom stereocenters. The maximum atomic E-state index is 13.5. The van der Waals surface area contributed by atoms with Gasteiger partial charge in [-0.05, 0) is 77.1 Å². The molecule has 2 aromatic rings. The van der Waals surface area contributed by atoms with Crippen molar-refractivity contribution in [1.82, 2.24) is 9.97 Å². The van der Waals surface area contributed by atoms with Crippen LogP contribution in [-0.4, -0.2) is 28.3 Å². The molecule has 1 unspecified atom stereocenters. The van der Waals surface area contributed by atoms with Gasteiger partial charge in [0.15, 0.2) is 0 Å². The standard InChI is InChI=1S/C20H25F3N2O.C5H11NO2/c1-12(2)8-13(3)11-26-19-7-6-16(10-17(19)20(21,22)23)18-9-14(4)24-15(5)25-18;1-5(2,3)8-4(6)7/h6-7,9-10,12-13H,8,11H2,1-5H3;1-3H3,(H2,6,7). The number of nitrogens with two attached hydrogens (primary N) is 1. The topological polar surface area (TPSA) is 87.3 Å². The lowest BCUT2D eigenvalue weighted by molar-refractivity contribution is -0.139. The minimum absolute atomic E-state index is 0.139. The summed E-state index contributed by atoms with van der Waals surface area (Å²) in [5.74, 6) is 1.04. The largest absolute Gasteiger partial charge is 0.493 e. The summed E-state index contributed by atoms with van der Waals surface area (Å²) in [4.78, 5) is 18.4. The average molecular weight is 484 g/mol. The van der Waals surface area contributed by atoms with E-state index >= 15 is 0 Å². The Hall–Kier alpha value is -2.84. The molecule has 1 aromatic carbocycles. The lowest BCUT2D eigenvalue weighted by atomic mass is 10.00. The summed E-state index contributed by atoms with van der Waals surface area (Å²) in [7, 11) is 0. The third-order valence-corrected chi connectivity index (χ3v) is 4.35. The minimum atomic E-state index is -4.50. The van der Waals surface area contributed by atoms with E-state index in [9.17, 15) is 18.0 Å². The molecule has 34 heavy (non-hydrogen) atoms. The van der Waals surface area contributed by atoms with Crippen molar-refractivity contribution in [1.29, 1.82) is 0 Å². The van der Waals surface area contributed by atoms with E-state index in [1.807, 2.05) is 6.92 Å². The normalized spacial score (nSPS) is 12.6. The second-order valence-corrected chi connectivity index (χ2v) is 9.73. The zero-order chi connectivity index (χ0) is 26.3. The van der Waals surface area contributed by atoms with Gasteiger partial charge >= 0.3 is 12.3 Å². The van der Waals surface area contributed by atoms with Crippen LogP contribution in [0.25, 0.3) is 11.3 Å². The molecule has 0 spiro atoms. The lowest BCUT2D eigenvalue weighted by Gasteiger charge is -2.19. The van der Waals surface area contributed by atoms with Crippen molar-refractivity contribution in [2.24, 2.45) is 17.6 Å². The van der Waals surface area contributed by atoms with Gasteiger partial charge in [-0.3, -0.25) is 0 Å². The smallest absolute Gasteiger partial charge is 0.419 e. The highest BCUT2D eigenvalue weighted by molar-refractivity contribution is 5.65. The quantitative estimate of drug-likeness (QED) is 0.493. The SMILES string of the molecule is CC(C)(C)OC(N)=O.Cc1cc(-c2ccc(OCC(C)CC(C)C)c(C(F)(F)F)c2)nc(C)n1. The molecule has 2 N–H and O–H groups in total. The van der Waals surface area contributed by atoms with Crippen LogP contribution in [0.2, 0.25) is 0 Å². The van der Waals surface area contributed by atoms with Crippen LogP contribution < -0.4 is 10.5 Å². The van der Waals surface area contributed by atoms with Gasteiger partial charge < -0.3 is 15.2 Å². The van der Waals surface area contributed by atoms with Crippen LogP contribution in [0.5, 0.6) is 5.75 Å². The number of carbonyl (C=O) groups is 1. The van der Waals surface area contributed by atoms with Crippen molar-refractivity contribution in [3.8, 4) is 17.0 Å². The van der Waals surface area contributed by atoms with Gasteiger partial charge in [0.25, 0.3) is 0 Å². The molecular formula is C25H36F3N3O3. The fourth-order valence-electron chi connectivity index (χ4n) is 3.31. The van der Waals surface area contributed by atoms with E-state index in [4.69, 9.17) is 10.5 Å². The van der Waals surface area contributed by atoms with Crippen LogP contribution in [0.4, 0.5) is 18.0 Å². The Labute approximate surface area is 200 Å². The number of hydrogen-bond acceptors (Lipinski definition) is 5. The summed E-state index contributed by atoms with van der Waals surface area (Å²) >= 11 is 0. The molecule has 0 aliphatic heterocycles. The Bertz CT molecular complexity index is 934. The van der Waals surface area contributed by atoms with E-state index < -0.39 is 23.4 Å². The fourth-order valence-corrected chi connectivity index (χ4v) is 3.31. The number of rotatable bonds is 6. The van der Waals surface area contributed by atoms with E-state index in [0.717, 1.165) is 12.5 Å². The maximum Gasteiger partial charge on any atom is 0.419 e. The first-order valence-corrected chi connectivity index (χ1v) is 11.1. The molecule has 1 amide bonds. The molecule has 0 saturated heterocycles. The number of halogens is 3. The van der Waals surface area contributed by atoms with Crippen LogP contribution in [0, 0.1) is 25.7 Å². The molecule has 1 heterocycles. The summed E-state index contributed by atoms with van der Waals surface area (Å²) in [5.41, 5.74) is 5.07. The summed E-state index contributed by atoms with van der Waals surface area (Å²) in [6, 6.07) is 5.77. The van der Waals surface area contributed by atoms with E-state index in [1.165, 1.54) is 6.07 Å². The number of alkyl halides is 3. The highest BCUT2D eigenvalue weighted by Crippen LogP contribution is 2.39. The number of nitrogens with zero attached hydrogens (tertiary/aromatic N) is 2. The zero-order valence-electron chi connectivity index (χ0n) is 21.2. The number of ether oxygens (including phenoxy) is 2. The van der Waals surface area contributed by atoms with Gasteiger partial charge in [0.2, 0.25) is 0 Å². The molecule has 190 valence electrons. The van der Waals surface area contributed by atoms with Crippen LogP contribution >= 0.6 is 0 Å². The van der Waals surface area contributed by atoms with Gasteiger partial charge in [0.1, 0.15) is 17.2 Å². The van der Waals surface area contributed by atoms with E-state index in [1.54, 1.807) is 46.8 Å². The number of amides is 1. The Morgan fingerprint density at radius 1 is 1.06 bits per heavy atom. The predicted octanol–water partition coefficient (Wildman–Crippen LogP) is 6.72. The number of carbonyl (C=O) groups excluding carboxylic acids is 1. The Morgan fingerprint density at radius 2 is 1.68 bits per heavy atom. The molecule has 6 nitrogen and oxygen atoms in total. The molecule has 9 heteroatoms. The lowest BCUT2D eigenvalue weighted by Crippen LogP contribution is -2.27. The molecule has 0 fully saturated rings. The molecule has 0 aliphatic carbocycles. The third kappa shape index (κ3) is 10.9. The molecule has 0 saturated carbocycles. The van der Waals surface area contributed by atoms with Crippen molar-refractivity contribution >= 4 is 6.09 Å². The Balaban J connectivity index is 0.000000620. The first-order valence-electron chi connectivity index (χ1n) is 11.1. The first kappa shape index (κ1) is 29.2. The van der Waals surface area contributed by atoms with E-state index in [2.05, 4.69) is 28.6 Å². The molecule has 0 bridgehead atoms. The van der Waals surface area contributed by atoms with E-state index in [-0.39, 0.29) is 18.3 Å². The maximum absolute atomic E-state index is 13.5. The molecule has 1 aromatic heterocycles. The zero-order valence-corrected chi connectivity index (χ0v) is 21.2. The number of primary amides is 1. The second kappa shape index (κ2) is 12.0. The Morgan fingerprint density at radius 3 is 2.12 bits per heavy atom. The third-order valence-electron chi connectivity index (χ3n) is 4.35. The Kier molecular flexibility index (Phi) is 10.3. The highest BCUT2D eigenvalue weighted by atomic mass is 19.4. The van der Waals surface area contributed by atoms with Crippen LogP contribution in [-0.2, 0) is 10.9 Å². The summed E-state index contributed by atoms with van der Waals surface area (Å²) < 4.78 is 50.7. The number of benzene rings is 1. The second-order valence-electron chi connectivity index (χ2n) is 9.73. The summed E-state index contributed by atoms with van der Waals surface area (Å²) in [5, 5.41) is 0. The van der Waals surface area contributed by atoms with Gasteiger partial charge in [-0.15, -0.1) is 0 Å². The van der Waals surface area contributed by atoms with Crippen LogP contribution in [0.3, 0.4) is 0 Å². The minimum Gasteiger partial charge on any atom is -0.493 e. The van der Waals surface area contributed by atoms with E-state index in [0.29, 0.717) is 28.7 Å². The van der Waals surface area contributed by atoms with Gasteiger partial charge in [-0.25, -0.2) is 14.8 Å². The van der Waals surface area contributed by atoms with Gasteiger partial charge in [-0.1, -0.05) is 20.8 Å². The summed E-state index contributed by atoms with van der Waals surface area (Å²) in [6.07, 6.45) is -4.32. The first-order chi connectivity index (χ1) is 15.5. The highest BCUT2D eigenvalue weighted by Gasteiger charge is 2.35. The average Bonchev–Trinajstić information content (AvgIpc) is 2.62. The molecule has 0 radical (unpaired) electrons. The number of hydrogen-bond donors (Lipinski definition) is 1. The predicted molar refractivity (Wildman–Crippen MR) is 126 cm³/mol. The molecule has 0 aliphatic rings. The van der Waals surface area contributed by atoms with Crippen LogP contribution in [0.1, 0.15) is 65.0 Å². The molecular weight excluding hydrogens is 447 g/mol. The fraction of sp³-hybridized carbons (Fsp3) is 0.560. The van der Waals surface area contributed by atoms with Crippen molar-refractivity contribution < 1.29 is 27.4 Å². The van der Waals surface area contributed by atoms with Crippen molar-refractivity contribution in [3.05, 3.63) is 41.3 Å². The monoisotopic (exact) mass is 483 g/mol. The van der Waals surface area contributed by atoms with Crippen LogP contribution in [0.15, 0.2) is 24.3 Å². The van der Waals surface area contributed by atoms with Crippen molar-refractivity contribution in [2.45, 2.75) is 73.6 Å². The number of aromatic nitrogens is 2. The van der Waals surface area contributed by atoms with Gasteiger partial charge in [0.05, 0.1) is 17.9 Å². The summed E-state index contributed by atoms with van der Waals surface area (Å²) in [6.45, 7) is 15.2. The van der Waals surface area contributed by atoms with Crippen molar-refractivity contribution in [2.75, 3.05) is 6.61 Å².